The van der Waals surface area contributed by atoms with Crippen LogP contribution in [0.15, 0.2) is 16.5 Å². The fraction of sp³-hybridized carbons (Fsp3) is 0.545. The first kappa shape index (κ1) is 14.5. The summed E-state index contributed by atoms with van der Waals surface area (Å²) in [5, 5.41) is 13.1. The third kappa shape index (κ3) is 4.03. The molecule has 0 radical (unpaired) electrons. The van der Waals surface area contributed by atoms with Gasteiger partial charge in [0.2, 0.25) is 0 Å². The molecule has 0 aliphatic heterocycles. The van der Waals surface area contributed by atoms with Crippen LogP contribution in [-0.2, 0) is 0 Å². The van der Waals surface area contributed by atoms with Crippen molar-refractivity contribution in [3.63, 3.8) is 0 Å². The van der Waals surface area contributed by atoms with E-state index in [1.165, 1.54) is 6.07 Å². The summed E-state index contributed by atoms with van der Waals surface area (Å²) >= 11 is 5.64. The average molecular weight is 275 g/mol. The standard InChI is InChI=1S/C11H15ClN2O4/c1-2-8(5-6-12)7-13-11(15)9-3-4-10(18-9)14(16)17/h3-4,8H,2,5-7H2,1H3,(H,13,15). The van der Waals surface area contributed by atoms with Gasteiger partial charge in [0.25, 0.3) is 5.91 Å². The monoisotopic (exact) mass is 274 g/mol. The number of hydrogen-bond acceptors (Lipinski definition) is 4. The van der Waals surface area contributed by atoms with Gasteiger partial charge in [0.15, 0.2) is 5.76 Å². The Balaban J connectivity index is 2.51. The second-order valence-corrected chi connectivity index (χ2v) is 4.23. The minimum absolute atomic E-state index is 0.0533. The first-order valence-electron chi connectivity index (χ1n) is 5.66. The van der Waals surface area contributed by atoms with Gasteiger partial charge in [-0.3, -0.25) is 14.9 Å². The van der Waals surface area contributed by atoms with E-state index in [0.29, 0.717) is 18.3 Å². The smallest absolute Gasteiger partial charge is 0.395 e. The zero-order valence-corrected chi connectivity index (χ0v) is 10.8. The van der Waals surface area contributed by atoms with E-state index >= 15 is 0 Å². The van der Waals surface area contributed by atoms with Crippen LogP contribution in [0.1, 0.15) is 30.3 Å². The molecule has 100 valence electrons. The molecule has 1 aromatic rings. The molecule has 1 atom stereocenters. The number of alkyl halides is 1. The molecule has 6 nitrogen and oxygen atoms in total. The van der Waals surface area contributed by atoms with Crippen molar-refractivity contribution in [2.24, 2.45) is 5.92 Å². The molecule has 0 saturated heterocycles. The van der Waals surface area contributed by atoms with E-state index < -0.39 is 16.7 Å². The molecule has 1 unspecified atom stereocenters. The number of hydrogen-bond donors (Lipinski definition) is 1. The number of rotatable bonds is 7. The number of carbonyl (C=O) groups excluding carboxylic acids is 1. The summed E-state index contributed by atoms with van der Waals surface area (Å²) in [7, 11) is 0. The van der Waals surface area contributed by atoms with E-state index in [4.69, 9.17) is 16.0 Å². The lowest BCUT2D eigenvalue weighted by molar-refractivity contribution is -0.402. The van der Waals surface area contributed by atoms with Crippen LogP contribution in [0, 0.1) is 16.0 Å². The Morgan fingerprint density at radius 1 is 1.61 bits per heavy atom. The summed E-state index contributed by atoms with van der Waals surface area (Å²) in [4.78, 5) is 21.4. The number of carbonyl (C=O) groups is 1. The Morgan fingerprint density at radius 2 is 2.33 bits per heavy atom. The van der Waals surface area contributed by atoms with Crippen LogP contribution in [0.4, 0.5) is 5.88 Å². The molecule has 0 fully saturated rings. The highest BCUT2D eigenvalue weighted by Crippen LogP contribution is 2.15. The SMILES string of the molecule is CCC(CCCl)CNC(=O)c1ccc([N+](=O)[O-])o1. The van der Waals surface area contributed by atoms with Gasteiger partial charge in [-0.25, -0.2) is 0 Å². The van der Waals surface area contributed by atoms with E-state index in [0.717, 1.165) is 18.9 Å². The van der Waals surface area contributed by atoms with Crippen LogP contribution in [0.3, 0.4) is 0 Å². The van der Waals surface area contributed by atoms with Crippen molar-refractivity contribution < 1.29 is 14.1 Å². The molecule has 0 bridgehead atoms. The van der Waals surface area contributed by atoms with Gasteiger partial charge in [-0.2, -0.15) is 0 Å². The maximum Gasteiger partial charge on any atom is 0.433 e. The van der Waals surface area contributed by atoms with Crippen LogP contribution in [0.25, 0.3) is 0 Å². The summed E-state index contributed by atoms with van der Waals surface area (Å²) in [6.07, 6.45) is 1.72. The first-order chi connectivity index (χ1) is 8.58. The van der Waals surface area contributed by atoms with Crippen molar-refractivity contribution in [2.45, 2.75) is 19.8 Å². The van der Waals surface area contributed by atoms with Crippen LogP contribution < -0.4 is 5.32 Å². The summed E-state index contributed by atoms with van der Waals surface area (Å²) < 4.78 is 4.80. The lowest BCUT2D eigenvalue weighted by atomic mass is 10.0. The predicted molar refractivity (Wildman–Crippen MR) is 66.8 cm³/mol. The molecule has 1 N–H and O–H groups in total. The minimum atomic E-state index is -0.681. The Kier molecular flexibility index (Phi) is 5.64. The first-order valence-corrected chi connectivity index (χ1v) is 6.20. The van der Waals surface area contributed by atoms with E-state index in [1.807, 2.05) is 6.92 Å². The molecule has 0 aliphatic rings. The maximum atomic E-state index is 11.6. The lowest BCUT2D eigenvalue weighted by Crippen LogP contribution is -2.29. The van der Waals surface area contributed by atoms with E-state index in [2.05, 4.69) is 5.32 Å². The third-order valence-electron chi connectivity index (χ3n) is 2.64. The molecule has 7 heteroatoms. The summed E-state index contributed by atoms with van der Waals surface area (Å²) in [5.74, 6) is -0.0939. The van der Waals surface area contributed by atoms with E-state index in [9.17, 15) is 14.9 Å². The number of halogens is 1. The molecule has 1 rings (SSSR count). The topological polar surface area (TPSA) is 85.4 Å². The van der Waals surface area contributed by atoms with Gasteiger partial charge in [0.05, 0.1) is 6.07 Å². The molecule has 1 amide bonds. The Morgan fingerprint density at radius 3 is 2.83 bits per heavy atom. The second-order valence-electron chi connectivity index (χ2n) is 3.86. The van der Waals surface area contributed by atoms with Crippen molar-refractivity contribution in [3.8, 4) is 0 Å². The third-order valence-corrected chi connectivity index (χ3v) is 2.86. The predicted octanol–water partition coefficient (Wildman–Crippen LogP) is 2.57. The number of amides is 1. The number of nitrogens with one attached hydrogen (secondary N) is 1. The van der Waals surface area contributed by atoms with Crippen LogP contribution >= 0.6 is 11.6 Å². The summed E-state index contributed by atoms with van der Waals surface area (Å²) in [6.45, 7) is 2.50. The number of nitro groups is 1. The Hall–Kier alpha value is -1.56. The molecule has 0 aromatic carbocycles. The van der Waals surface area contributed by atoms with Crippen LogP contribution in [0.5, 0.6) is 0 Å². The second kappa shape index (κ2) is 7.00. The van der Waals surface area contributed by atoms with Crippen LogP contribution in [0.2, 0.25) is 0 Å². The quantitative estimate of drug-likeness (QED) is 0.470. The molecule has 1 heterocycles. The van der Waals surface area contributed by atoms with Crippen molar-refractivity contribution in [1.82, 2.24) is 5.32 Å². The minimum Gasteiger partial charge on any atom is -0.395 e. The molecule has 1 aromatic heterocycles. The molecule has 0 aliphatic carbocycles. The molecule has 0 spiro atoms. The van der Waals surface area contributed by atoms with Crippen molar-refractivity contribution in [2.75, 3.05) is 12.4 Å². The van der Waals surface area contributed by atoms with Crippen LogP contribution in [-0.4, -0.2) is 23.3 Å². The highest BCUT2D eigenvalue weighted by Gasteiger charge is 2.17. The zero-order chi connectivity index (χ0) is 13.5. The van der Waals surface area contributed by atoms with Crippen molar-refractivity contribution >= 4 is 23.4 Å². The summed E-state index contributed by atoms with van der Waals surface area (Å²) in [5.41, 5.74) is 0. The normalized spacial score (nSPS) is 12.1. The van der Waals surface area contributed by atoms with Crippen molar-refractivity contribution in [3.05, 3.63) is 28.0 Å². The van der Waals surface area contributed by atoms with Gasteiger partial charge in [0, 0.05) is 12.4 Å². The van der Waals surface area contributed by atoms with E-state index in [1.54, 1.807) is 0 Å². The average Bonchev–Trinajstić information content (AvgIpc) is 2.83. The van der Waals surface area contributed by atoms with Gasteiger partial charge >= 0.3 is 5.88 Å². The van der Waals surface area contributed by atoms with E-state index in [-0.39, 0.29) is 5.76 Å². The lowest BCUT2D eigenvalue weighted by Gasteiger charge is -2.13. The van der Waals surface area contributed by atoms with Gasteiger partial charge in [0.1, 0.15) is 4.92 Å². The zero-order valence-electron chi connectivity index (χ0n) is 10.0. The maximum absolute atomic E-state index is 11.6. The molecule has 0 saturated carbocycles. The molecule has 18 heavy (non-hydrogen) atoms. The fourth-order valence-electron chi connectivity index (χ4n) is 1.48. The van der Waals surface area contributed by atoms with Gasteiger partial charge in [-0.05, 0) is 18.4 Å². The number of nitrogens with zero attached hydrogens (tertiary/aromatic N) is 1. The van der Waals surface area contributed by atoms with Gasteiger partial charge in [-0.15, -0.1) is 11.6 Å². The highest BCUT2D eigenvalue weighted by molar-refractivity contribution is 6.17. The Bertz CT molecular complexity index is 419. The highest BCUT2D eigenvalue weighted by atomic mass is 35.5. The largest absolute Gasteiger partial charge is 0.433 e. The van der Waals surface area contributed by atoms with Gasteiger partial charge < -0.3 is 9.73 Å². The number of furan rings is 1. The summed E-state index contributed by atoms with van der Waals surface area (Å²) in [6, 6.07) is 2.45. The fourth-order valence-corrected chi connectivity index (χ4v) is 1.79. The molecular formula is C11H15ClN2O4. The van der Waals surface area contributed by atoms with Crippen molar-refractivity contribution in [1.29, 1.82) is 0 Å². The Labute approximate surface area is 109 Å². The molecular weight excluding hydrogens is 260 g/mol. The van der Waals surface area contributed by atoms with Gasteiger partial charge in [-0.1, -0.05) is 13.3 Å².